The fraction of sp³-hybridized carbons (Fsp3) is 0.385. The van der Waals surface area contributed by atoms with Crippen molar-refractivity contribution >= 4 is 24.2 Å². The normalized spacial score (nSPS) is 10.2. The third-order valence-corrected chi connectivity index (χ3v) is 5.05. The van der Waals surface area contributed by atoms with Crippen molar-refractivity contribution in [3.05, 3.63) is 69.8 Å². The zero-order chi connectivity index (χ0) is 26.5. The van der Waals surface area contributed by atoms with E-state index in [1.54, 1.807) is 38.1 Å². The summed E-state index contributed by atoms with van der Waals surface area (Å²) >= 11 is 0. The van der Waals surface area contributed by atoms with E-state index in [0.717, 1.165) is 11.1 Å². The highest BCUT2D eigenvalue weighted by Gasteiger charge is 2.16. The molecule has 0 bridgehead atoms. The largest absolute Gasteiger partial charge is 0.549 e. The molecule has 0 aliphatic rings. The smallest absolute Gasteiger partial charge is 0.432 e. The van der Waals surface area contributed by atoms with Crippen LogP contribution in [0.5, 0.6) is 0 Å². The van der Waals surface area contributed by atoms with Crippen molar-refractivity contribution in [2.45, 2.75) is 53.4 Å². The lowest BCUT2D eigenvalue weighted by molar-refractivity contribution is -0.203. The third-order valence-electron chi connectivity index (χ3n) is 5.05. The second-order valence-electron chi connectivity index (χ2n) is 8.16. The van der Waals surface area contributed by atoms with Crippen LogP contribution in [0, 0.1) is 27.7 Å². The summed E-state index contributed by atoms with van der Waals surface area (Å²) in [6.45, 7) is 7.42. The third kappa shape index (κ3) is 9.65. The Balaban J connectivity index is 1.49. The molecule has 0 aromatic heterocycles. The van der Waals surface area contributed by atoms with Crippen molar-refractivity contribution < 1.29 is 48.2 Å². The molecule has 2 rings (SSSR count). The van der Waals surface area contributed by atoms with E-state index in [4.69, 9.17) is 9.47 Å². The topological polar surface area (TPSA) is 124 Å². The van der Waals surface area contributed by atoms with Crippen molar-refractivity contribution in [2.75, 3.05) is 13.2 Å². The molecule has 0 spiro atoms. The van der Waals surface area contributed by atoms with E-state index < -0.39 is 24.2 Å². The lowest BCUT2D eigenvalue weighted by Crippen LogP contribution is -2.14. The SMILES string of the molecule is Cc1ccc(C(=O)OOC(=O)OCCCCCCOC(=O)OOC(=O)c2ccc(C)cc2C)c(C)c1. The van der Waals surface area contributed by atoms with Crippen LogP contribution in [0.1, 0.15) is 68.7 Å². The van der Waals surface area contributed by atoms with Gasteiger partial charge in [-0.2, -0.15) is 9.59 Å². The molecule has 0 fully saturated rings. The zero-order valence-corrected chi connectivity index (χ0v) is 20.8. The molecule has 10 nitrogen and oxygen atoms in total. The van der Waals surface area contributed by atoms with E-state index in [-0.39, 0.29) is 13.2 Å². The number of hydrogen-bond donors (Lipinski definition) is 0. The molecular formula is C26H30O10. The highest BCUT2D eigenvalue weighted by Crippen LogP contribution is 2.13. The van der Waals surface area contributed by atoms with Crippen LogP contribution in [-0.4, -0.2) is 37.5 Å². The Bertz CT molecular complexity index is 991. The van der Waals surface area contributed by atoms with E-state index >= 15 is 0 Å². The lowest BCUT2D eigenvalue weighted by Gasteiger charge is -2.07. The first-order chi connectivity index (χ1) is 17.2. The molecular weight excluding hydrogens is 472 g/mol. The Hall–Kier alpha value is -4.08. The maximum absolute atomic E-state index is 11.9. The molecule has 2 aromatic carbocycles. The molecule has 194 valence electrons. The van der Waals surface area contributed by atoms with Crippen LogP contribution in [0.2, 0.25) is 0 Å². The molecule has 36 heavy (non-hydrogen) atoms. The summed E-state index contributed by atoms with van der Waals surface area (Å²) in [7, 11) is 0. The number of hydrogen-bond acceptors (Lipinski definition) is 10. The highest BCUT2D eigenvalue weighted by atomic mass is 17.2. The van der Waals surface area contributed by atoms with Gasteiger partial charge in [-0.05, 0) is 76.6 Å². The molecule has 0 radical (unpaired) electrons. The molecule has 0 aliphatic heterocycles. The van der Waals surface area contributed by atoms with E-state index in [2.05, 4.69) is 19.6 Å². The van der Waals surface area contributed by atoms with Gasteiger partial charge in [0.1, 0.15) is 0 Å². The number of unbranched alkanes of at least 4 members (excludes halogenated alkanes) is 3. The minimum atomic E-state index is -1.12. The Morgan fingerprint density at radius 3 is 1.31 bits per heavy atom. The minimum absolute atomic E-state index is 0.0667. The molecule has 0 N–H and O–H groups in total. The van der Waals surface area contributed by atoms with Gasteiger partial charge in [-0.15, -0.1) is 0 Å². The Morgan fingerprint density at radius 2 is 0.944 bits per heavy atom. The quantitative estimate of drug-likeness (QED) is 0.184. The van der Waals surface area contributed by atoms with Gasteiger partial charge in [-0.3, -0.25) is 0 Å². The first kappa shape index (κ1) is 28.2. The number of carbonyl (C=O) groups excluding carboxylic acids is 4. The molecule has 0 heterocycles. The summed E-state index contributed by atoms with van der Waals surface area (Å²) in [6, 6.07) is 10.3. The van der Waals surface area contributed by atoms with Crippen LogP contribution >= 0.6 is 0 Å². The van der Waals surface area contributed by atoms with Gasteiger partial charge < -0.3 is 9.47 Å². The highest BCUT2D eigenvalue weighted by molar-refractivity contribution is 5.91. The van der Waals surface area contributed by atoms with Gasteiger partial charge in [0.05, 0.1) is 24.3 Å². The van der Waals surface area contributed by atoms with Crippen molar-refractivity contribution in [2.24, 2.45) is 0 Å². The molecule has 0 amide bonds. The van der Waals surface area contributed by atoms with Crippen LogP contribution in [0.3, 0.4) is 0 Å². The van der Waals surface area contributed by atoms with E-state index in [9.17, 15) is 19.2 Å². The van der Waals surface area contributed by atoms with Crippen LogP contribution in [0.25, 0.3) is 0 Å². The van der Waals surface area contributed by atoms with Gasteiger partial charge in [0, 0.05) is 0 Å². The number of rotatable bonds is 9. The van der Waals surface area contributed by atoms with Crippen molar-refractivity contribution in [3.8, 4) is 0 Å². The molecule has 2 aromatic rings. The summed E-state index contributed by atoms with van der Waals surface area (Å²) in [5.74, 6) is -1.58. The molecule has 0 unspecified atom stereocenters. The minimum Gasteiger partial charge on any atom is -0.432 e. The second kappa shape index (κ2) is 14.3. The summed E-state index contributed by atoms with van der Waals surface area (Å²) in [6.07, 6.45) is 0.172. The Morgan fingerprint density at radius 1 is 0.556 bits per heavy atom. The maximum Gasteiger partial charge on any atom is 0.549 e. The molecule has 0 saturated heterocycles. The molecule has 0 atom stereocenters. The fourth-order valence-electron chi connectivity index (χ4n) is 3.24. The van der Waals surface area contributed by atoms with Gasteiger partial charge in [0.25, 0.3) is 0 Å². The van der Waals surface area contributed by atoms with Gasteiger partial charge in [-0.25, -0.2) is 29.1 Å². The zero-order valence-electron chi connectivity index (χ0n) is 20.8. The van der Waals surface area contributed by atoms with Crippen molar-refractivity contribution in [1.82, 2.24) is 0 Å². The van der Waals surface area contributed by atoms with Gasteiger partial charge in [-0.1, -0.05) is 35.4 Å². The van der Waals surface area contributed by atoms with Gasteiger partial charge >= 0.3 is 24.2 Å². The number of carbonyl (C=O) groups is 4. The summed E-state index contributed by atoms with van der Waals surface area (Å²) < 4.78 is 9.67. The molecule has 0 aliphatic carbocycles. The Labute approximate surface area is 209 Å². The van der Waals surface area contributed by atoms with E-state index in [1.807, 2.05) is 26.0 Å². The second-order valence-corrected chi connectivity index (χ2v) is 8.16. The van der Waals surface area contributed by atoms with Gasteiger partial charge in [0.2, 0.25) is 0 Å². The number of aryl methyl sites for hydroxylation is 4. The first-order valence-electron chi connectivity index (χ1n) is 11.4. The van der Waals surface area contributed by atoms with Crippen molar-refractivity contribution in [1.29, 1.82) is 0 Å². The predicted molar refractivity (Wildman–Crippen MR) is 126 cm³/mol. The van der Waals surface area contributed by atoms with Crippen LogP contribution in [-0.2, 0) is 29.0 Å². The maximum atomic E-state index is 11.9. The predicted octanol–water partition coefficient (Wildman–Crippen LogP) is 5.63. The number of benzene rings is 2. The van der Waals surface area contributed by atoms with E-state index in [0.29, 0.717) is 47.9 Å². The fourth-order valence-corrected chi connectivity index (χ4v) is 3.24. The van der Waals surface area contributed by atoms with Crippen LogP contribution in [0.4, 0.5) is 9.59 Å². The molecule has 0 saturated carbocycles. The summed E-state index contributed by atoms with van der Waals surface area (Å²) in [4.78, 5) is 64.7. The Kier molecular flexibility index (Phi) is 11.2. The average molecular weight is 503 g/mol. The summed E-state index contributed by atoms with van der Waals surface area (Å²) in [5, 5.41) is 0. The average Bonchev–Trinajstić information content (AvgIpc) is 2.82. The number of ether oxygens (including phenoxy) is 2. The first-order valence-corrected chi connectivity index (χ1v) is 11.4. The lowest BCUT2D eigenvalue weighted by atomic mass is 10.1. The molecule has 10 heteroatoms. The standard InChI is InChI=1S/C26H30O10/c1-17-9-11-21(19(3)15-17)23(27)33-35-25(29)31-13-7-5-6-8-14-32-26(30)36-34-24(28)22-12-10-18(2)16-20(22)4/h9-12,15-16H,5-8,13-14H2,1-4H3. The van der Waals surface area contributed by atoms with E-state index in [1.165, 1.54) is 0 Å². The summed E-state index contributed by atoms with van der Waals surface area (Å²) in [5.41, 5.74) is 3.97. The van der Waals surface area contributed by atoms with Crippen LogP contribution < -0.4 is 0 Å². The monoisotopic (exact) mass is 502 g/mol. The van der Waals surface area contributed by atoms with Gasteiger partial charge in [0.15, 0.2) is 0 Å². The van der Waals surface area contributed by atoms with Crippen molar-refractivity contribution in [3.63, 3.8) is 0 Å². The van der Waals surface area contributed by atoms with Crippen LogP contribution in [0.15, 0.2) is 36.4 Å².